The van der Waals surface area contributed by atoms with Crippen LogP contribution in [0.3, 0.4) is 0 Å². The van der Waals surface area contributed by atoms with Crippen LogP contribution in [0, 0.1) is 22.6 Å². The molecule has 110 valence electrons. The fourth-order valence-electron chi connectivity index (χ4n) is 2.91. The van der Waals surface area contributed by atoms with E-state index in [-0.39, 0.29) is 18.3 Å². The molecule has 1 fully saturated rings. The van der Waals surface area contributed by atoms with E-state index >= 15 is 0 Å². The van der Waals surface area contributed by atoms with E-state index < -0.39 is 0 Å². The standard InChI is InChI=1S/C16H23FN2O/c1-15(2)13(16(15,3)4)9-18-10-14(20)19-12-7-5-11(17)6-8-12/h5-8,13,18H,9-10H2,1-4H3,(H,19,20). The van der Waals surface area contributed by atoms with Gasteiger partial charge in [-0.2, -0.15) is 0 Å². The highest BCUT2D eigenvalue weighted by atomic mass is 19.1. The Bertz CT molecular complexity index is 480. The van der Waals surface area contributed by atoms with Crippen LogP contribution in [0.25, 0.3) is 0 Å². The quantitative estimate of drug-likeness (QED) is 0.869. The predicted octanol–water partition coefficient (Wildman–Crippen LogP) is 3.04. The molecule has 0 heterocycles. The Hall–Kier alpha value is -1.42. The summed E-state index contributed by atoms with van der Waals surface area (Å²) in [4.78, 5) is 11.8. The summed E-state index contributed by atoms with van der Waals surface area (Å²) in [6.07, 6.45) is 0. The van der Waals surface area contributed by atoms with Crippen LogP contribution in [0.4, 0.5) is 10.1 Å². The van der Waals surface area contributed by atoms with Gasteiger partial charge in [-0.3, -0.25) is 4.79 Å². The van der Waals surface area contributed by atoms with Crippen molar-refractivity contribution in [3.63, 3.8) is 0 Å². The largest absolute Gasteiger partial charge is 0.325 e. The summed E-state index contributed by atoms with van der Waals surface area (Å²) in [5, 5.41) is 5.94. The van der Waals surface area contributed by atoms with Gasteiger partial charge in [-0.25, -0.2) is 4.39 Å². The second-order valence-electron chi connectivity index (χ2n) is 6.68. The minimum atomic E-state index is -0.306. The molecule has 0 bridgehead atoms. The molecule has 20 heavy (non-hydrogen) atoms. The highest BCUT2D eigenvalue weighted by molar-refractivity contribution is 5.92. The maximum atomic E-state index is 12.7. The molecule has 0 unspecified atom stereocenters. The van der Waals surface area contributed by atoms with Gasteiger partial charge in [0.25, 0.3) is 0 Å². The Morgan fingerprint density at radius 2 is 1.70 bits per heavy atom. The summed E-state index contributed by atoms with van der Waals surface area (Å²) >= 11 is 0. The molecular formula is C16H23FN2O. The average Bonchev–Trinajstić information content (AvgIpc) is 2.74. The van der Waals surface area contributed by atoms with Gasteiger partial charge in [0.15, 0.2) is 0 Å². The lowest BCUT2D eigenvalue weighted by Gasteiger charge is -2.07. The molecule has 0 saturated heterocycles. The van der Waals surface area contributed by atoms with Crippen molar-refractivity contribution in [2.75, 3.05) is 18.4 Å². The normalized spacial score (nSPS) is 19.6. The number of carbonyl (C=O) groups is 1. The third kappa shape index (κ3) is 2.85. The van der Waals surface area contributed by atoms with Gasteiger partial charge in [0, 0.05) is 5.69 Å². The fraction of sp³-hybridized carbons (Fsp3) is 0.562. The first-order valence-electron chi connectivity index (χ1n) is 7.01. The molecule has 1 saturated carbocycles. The number of hydrogen-bond donors (Lipinski definition) is 2. The van der Waals surface area contributed by atoms with Gasteiger partial charge in [0.05, 0.1) is 6.54 Å². The maximum Gasteiger partial charge on any atom is 0.238 e. The molecule has 1 aliphatic rings. The van der Waals surface area contributed by atoms with Gasteiger partial charge in [0.2, 0.25) is 5.91 Å². The maximum absolute atomic E-state index is 12.7. The lowest BCUT2D eigenvalue weighted by atomic mass is 10.0. The molecule has 1 amide bonds. The molecule has 2 rings (SSSR count). The highest BCUT2D eigenvalue weighted by Crippen LogP contribution is 2.67. The predicted molar refractivity (Wildman–Crippen MR) is 79.0 cm³/mol. The minimum absolute atomic E-state index is 0.104. The van der Waals surface area contributed by atoms with E-state index in [9.17, 15) is 9.18 Å². The number of benzene rings is 1. The van der Waals surface area contributed by atoms with Crippen LogP contribution in [0.5, 0.6) is 0 Å². The lowest BCUT2D eigenvalue weighted by molar-refractivity contribution is -0.115. The Balaban J connectivity index is 1.73. The average molecular weight is 278 g/mol. The second-order valence-corrected chi connectivity index (χ2v) is 6.68. The molecule has 0 atom stereocenters. The molecule has 0 aliphatic heterocycles. The van der Waals surface area contributed by atoms with E-state index in [1.165, 1.54) is 12.1 Å². The van der Waals surface area contributed by atoms with E-state index in [1.54, 1.807) is 12.1 Å². The summed E-state index contributed by atoms with van der Waals surface area (Å²) in [7, 11) is 0. The van der Waals surface area contributed by atoms with Crippen molar-refractivity contribution in [1.29, 1.82) is 0 Å². The molecule has 1 aliphatic carbocycles. The second kappa shape index (κ2) is 5.17. The smallest absolute Gasteiger partial charge is 0.238 e. The Morgan fingerprint density at radius 1 is 1.15 bits per heavy atom. The zero-order chi connectivity index (χ0) is 15.0. The van der Waals surface area contributed by atoms with Gasteiger partial charge in [-0.15, -0.1) is 0 Å². The lowest BCUT2D eigenvalue weighted by Crippen LogP contribution is -2.30. The summed E-state index contributed by atoms with van der Waals surface area (Å²) in [5.41, 5.74) is 1.27. The summed E-state index contributed by atoms with van der Waals surface area (Å²) in [5.74, 6) is 0.181. The van der Waals surface area contributed by atoms with Gasteiger partial charge in [-0.1, -0.05) is 27.7 Å². The zero-order valence-electron chi connectivity index (χ0n) is 12.6. The van der Waals surface area contributed by atoms with Crippen LogP contribution in [0.2, 0.25) is 0 Å². The van der Waals surface area contributed by atoms with Gasteiger partial charge in [-0.05, 0) is 47.6 Å². The number of hydrogen-bond acceptors (Lipinski definition) is 2. The third-order valence-corrected chi connectivity index (χ3v) is 5.08. The van der Waals surface area contributed by atoms with Crippen LogP contribution in [0.1, 0.15) is 27.7 Å². The molecule has 3 nitrogen and oxygen atoms in total. The van der Waals surface area contributed by atoms with Gasteiger partial charge < -0.3 is 10.6 Å². The summed E-state index contributed by atoms with van der Waals surface area (Å²) in [6, 6.07) is 5.78. The number of anilines is 1. The number of carbonyl (C=O) groups excluding carboxylic acids is 1. The van der Waals surface area contributed by atoms with Gasteiger partial charge >= 0.3 is 0 Å². The van der Waals surface area contributed by atoms with Crippen molar-refractivity contribution >= 4 is 11.6 Å². The molecule has 0 radical (unpaired) electrons. The third-order valence-electron chi connectivity index (χ3n) is 5.08. The van der Waals surface area contributed by atoms with Crippen LogP contribution in [0.15, 0.2) is 24.3 Å². The number of halogens is 1. The SMILES string of the molecule is CC1(C)C(CNCC(=O)Nc2ccc(F)cc2)C1(C)C. The zero-order valence-corrected chi connectivity index (χ0v) is 12.6. The van der Waals surface area contributed by atoms with Crippen molar-refractivity contribution < 1.29 is 9.18 Å². The van der Waals surface area contributed by atoms with Crippen LogP contribution in [-0.2, 0) is 4.79 Å². The van der Waals surface area contributed by atoms with E-state index in [2.05, 4.69) is 38.3 Å². The first-order chi connectivity index (χ1) is 9.25. The first kappa shape index (κ1) is 15.0. The summed E-state index contributed by atoms with van der Waals surface area (Å²) < 4.78 is 12.7. The van der Waals surface area contributed by atoms with E-state index in [1.807, 2.05) is 0 Å². The number of rotatable bonds is 5. The van der Waals surface area contributed by atoms with Crippen molar-refractivity contribution in [3.05, 3.63) is 30.1 Å². The monoisotopic (exact) mass is 278 g/mol. The topological polar surface area (TPSA) is 41.1 Å². The van der Waals surface area contributed by atoms with Crippen LogP contribution < -0.4 is 10.6 Å². The fourth-order valence-corrected chi connectivity index (χ4v) is 2.91. The molecule has 1 aromatic rings. The van der Waals surface area contributed by atoms with Crippen molar-refractivity contribution in [2.45, 2.75) is 27.7 Å². The van der Waals surface area contributed by atoms with Crippen LogP contribution >= 0.6 is 0 Å². The number of amides is 1. The Morgan fingerprint density at radius 3 is 2.20 bits per heavy atom. The molecule has 2 N–H and O–H groups in total. The minimum Gasteiger partial charge on any atom is -0.325 e. The molecular weight excluding hydrogens is 255 g/mol. The van der Waals surface area contributed by atoms with Crippen LogP contribution in [-0.4, -0.2) is 19.0 Å². The Kier molecular flexibility index (Phi) is 3.87. The highest BCUT2D eigenvalue weighted by Gasteiger charge is 2.63. The Labute approximate surface area is 120 Å². The van der Waals surface area contributed by atoms with Crippen molar-refractivity contribution in [2.24, 2.45) is 16.7 Å². The summed E-state index contributed by atoms with van der Waals surface area (Å²) in [6.45, 7) is 10.2. The molecule has 1 aromatic carbocycles. The van der Waals surface area contributed by atoms with E-state index in [0.29, 0.717) is 22.4 Å². The van der Waals surface area contributed by atoms with E-state index in [4.69, 9.17) is 0 Å². The van der Waals surface area contributed by atoms with Crippen molar-refractivity contribution in [1.82, 2.24) is 5.32 Å². The molecule has 0 aromatic heterocycles. The van der Waals surface area contributed by atoms with E-state index in [0.717, 1.165) is 6.54 Å². The first-order valence-corrected chi connectivity index (χ1v) is 7.01. The molecule has 0 spiro atoms. The molecule has 4 heteroatoms. The number of nitrogens with one attached hydrogen (secondary N) is 2. The van der Waals surface area contributed by atoms with Crippen molar-refractivity contribution in [3.8, 4) is 0 Å². The van der Waals surface area contributed by atoms with Gasteiger partial charge in [0.1, 0.15) is 5.82 Å².